The average molecular weight is 431 g/mol. The quantitative estimate of drug-likeness (QED) is 0.225. The molecule has 0 aliphatic carbocycles. The average Bonchev–Trinajstić information content (AvgIpc) is 2.80. The standard InChI is InChI=1S/C25H38N2O4/c1-4-11-24(30-16-5-2)31-22-14-12-21(13-15-22)25-26-19-23(20-27-25)29-18-10-8-7-9-17-28-6-3/h12-15,19-20,24H,4-11,16-18H2,1-3H3. The summed E-state index contributed by atoms with van der Waals surface area (Å²) in [6.45, 7) is 9.29. The van der Waals surface area contributed by atoms with Crippen molar-refractivity contribution in [3.8, 4) is 22.9 Å². The minimum Gasteiger partial charge on any atom is -0.490 e. The van der Waals surface area contributed by atoms with Crippen LogP contribution in [-0.4, -0.2) is 42.7 Å². The second kappa shape index (κ2) is 15.6. The molecule has 2 rings (SSSR count). The fourth-order valence-corrected chi connectivity index (χ4v) is 3.03. The van der Waals surface area contributed by atoms with Gasteiger partial charge in [-0.25, -0.2) is 9.97 Å². The Labute approximate surface area is 187 Å². The van der Waals surface area contributed by atoms with E-state index in [0.717, 1.165) is 63.1 Å². The molecule has 31 heavy (non-hydrogen) atoms. The Bertz CT molecular complexity index is 692. The van der Waals surface area contributed by atoms with Crippen LogP contribution >= 0.6 is 0 Å². The monoisotopic (exact) mass is 430 g/mol. The third-order valence-electron chi connectivity index (χ3n) is 4.70. The van der Waals surface area contributed by atoms with Gasteiger partial charge in [-0.2, -0.15) is 0 Å². The molecular formula is C25H38N2O4. The molecule has 6 nitrogen and oxygen atoms in total. The van der Waals surface area contributed by atoms with Gasteiger partial charge in [0.25, 0.3) is 0 Å². The van der Waals surface area contributed by atoms with Crippen molar-refractivity contribution in [2.24, 2.45) is 0 Å². The Morgan fingerprint density at radius 2 is 1.48 bits per heavy atom. The highest BCUT2D eigenvalue weighted by Crippen LogP contribution is 2.22. The highest BCUT2D eigenvalue weighted by molar-refractivity contribution is 5.56. The Morgan fingerprint density at radius 3 is 2.13 bits per heavy atom. The third kappa shape index (κ3) is 10.1. The number of benzene rings is 1. The van der Waals surface area contributed by atoms with Gasteiger partial charge < -0.3 is 18.9 Å². The van der Waals surface area contributed by atoms with E-state index in [1.165, 1.54) is 6.42 Å². The van der Waals surface area contributed by atoms with Crippen LogP contribution in [0.2, 0.25) is 0 Å². The van der Waals surface area contributed by atoms with Crippen LogP contribution in [0.4, 0.5) is 0 Å². The van der Waals surface area contributed by atoms with E-state index < -0.39 is 0 Å². The van der Waals surface area contributed by atoms with Crippen molar-refractivity contribution in [1.82, 2.24) is 9.97 Å². The van der Waals surface area contributed by atoms with Crippen LogP contribution in [-0.2, 0) is 9.47 Å². The molecule has 1 heterocycles. The van der Waals surface area contributed by atoms with Crippen LogP contribution in [0.25, 0.3) is 11.4 Å². The van der Waals surface area contributed by atoms with Gasteiger partial charge in [0.05, 0.1) is 25.6 Å². The van der Waals surface area contributed by atoms with Crippen molar-refractivity contribution < 1.29 is 18.9 Å². The fourth-order valence-electron chi connectivity index (χ4n) is 3.03. The van der Waals surface area contributed by atoms with E-state index in [1.54, 1.807) is 12.4 Å². The smallest absolute Gasteiger partial charge is 0.199 e. The van der Waals surface area contributed by atoms with Crippen LogP contribution in [0.1, 0.15) is 65.7 Å². The zero-order valence-electron chi connectivity index (χ0n) is 19.3. The molecule has 0 saturated carbocycles. The van der Waals surface area contributed by atoms with E-state index in [1.807, 2.05) is 31.2 Å². The molecule has 0 aliphatic rings. The van der Waals surface area contributed by atoms with Crippen molar-refractivity contribution in [1.29, 1.82) is 0 Å². The normalized spacial score (nSPS) is 12.0. The molecule has 0 spiro atoms. The molecule has 0 radical (unpaired) electrons. The Hall–Kier alpha value is -2.18. The van der Waals surface area contributed by atoms with E-state index in [2.05, 4.69) is 23.8 Å². The highest BCUT2D eigenvalue weighted by Gasteiger charge is 2.10. The summed E-state index contributed by atoms with van der Waals surface area (Å²) in [5, 5.41) is 0. The summed E-state index contributed by atoms with van der Waals surface area (Å²) in [7, 11) is 0. The zero-order chi connectivity index (χ0) is 22.2. The van der Waals surface area contributed by atoms with Crippen molar-refractivity contribution >= 4 is 0 Å². The lowest BCUT2D eigenvalue weighted by atomic mass is 10.2. The van der Waals surface area contributed by atoms with Crippen LogP contribution in [0, 0.1) is 0 Å². The van der Waals surface area contributed by atoms with Gasteiger partial charge in [-0.3, -0.25) is 0 Å². The second-order valence-corrected chi connectivity index (χ2v) is 7.43. The number of hydrogen-bond donors (Lipinski definition) is 0. The highest BCUT2D eigenvalue weighted by atomic mass is 16.7. The van der Waals surface area contributed by atoms with Gasteiger partial charge in [-0.05, 0) is 56.9 Å². The van der Waals surface area contributed by atoms with Gasteiger partial charge in [0.15, 0.2) is 17.9 Å². The van der Waals surface area contributed by atoms with Crippen molar-refractivity contribution in [2.45, 2.75) is 72.0 Å². The summed E-state index contributed by atoms with van der Waals surface area (Å²) in [6.07, 6.45) is 10.6. The summed E-state index contributed by atoms with van der Waals surface area (Å²) in [6, 6.07) is 7.81. The van der Waals surface area contributed by atoms with Gasteiger partial charge in [0, 0.05) is 25.2 Å². The topological polar surface area (TPSA) is 62.7 Å². The molecular weight excluding hydrogens is 392 g/mol. The minimum atomic E-state index is -0.201. The number of unbranched alkanes of at least 4 members (excludes halogenated alkanes) is 3. The Balaban J connectivity index is 1.76. The fraction of sp³-hybridized carbons (Fsp3) is 0.600. The van der Waals surface area contributed by atoms with Crippen LogP contribution in [0.15, 0.2) is 36.7 Å². The van der Waals surface area contributed by atoms with Gasteiger partial charge in [0.2, 0.25) is 0 Å². The van der Waals surface area contributed by atoms with E-state index in [-0.39, 0.29) is 6.29 Å². The molecule has 172 valence electrons. The molecule has 0 N–H and O–H groups in total. The summed E-state index contributed by atoms with van der Waals surface area (Å²) in [4.78, 5) is 8.88. The van der Waals surface area contributed by atoms with E-state index in [0.29, 0.717) is 24.8 Å². The largest absolute Gasteiger partial charge is 0.490 e. The minimum absolute atomic E-state index is 0.201. The molecule has 2 aromatic rings. The Kier molecular flexibility index (Phi) is 12.6. The molecule has 1 atom stereocenters. The maximum atomic E-state index is 5.97. The van der Waals surface area contributed by atoms with Gasteiger partial charge >= 0.3 is 0 Å². The summed E-state index contributed by atoms with van der Waals surface area (Å²) in [5.41, 5.74) is 0.940. The molecule has 1 aromatic carbocycles. The maximum absolute atomic E-state index is 5.97. The van der Waals surface area contributed by atoms with Crippen molar-refractivity contribution in [2.75, 3.05) is 26.4 Å². The first-order valence-corrected chi connectivity index (χ1v) is 11.7. The predicted molar refractivity (Wildman–Crippen MR) is 123 cm³/mol. The lowest BCUT2D eigenvalue weighted by molar-refractivity contribution is -0.0844. The second-order valence-electron chi connectivity index (χ2n) is 7.43. The van der Waals surface area contributed by atoms with Gasteiger partial charge in [0.1, 0.15) is 5.75 Å². The van der Waals surface area contributed by atoms with Crippen molar-refractivity contribution in [3.05, 3.63) is 36.7 Å². The number of rotatable bonds is 17. The molecule has 0 saturated heterocycles. The number of ether oxygens (including phenoxy) is 4. The summed E-state index contributed by atoms with van der Waals surface area (Å²) >= 11 is 0. The predicted octanol–water partition coefficient (Wildman–Crippen LogP) is 6.05. The van der Waals surface area contributed by atoms with E-state index in [4.69, 9.17) is 18.9 Å². The molecule has 6 heteroatoms. The lowest BCUT2D eigenvalue weighted by Gasteiger charge is -2.19. The van der Waals surface area contributed by atoms with Gasteiger partial charge in [-0.1, -0.05) is 26.7 Å². The maximum Gasteiger partial charge on any atom is 0.199 e. The number of aromatic nitrogens is 2. The SMILES string of the molecule is CCCOC(CCC)Oc1ccc(-c2ncc(OCCCCCCOCC)cn2)cc1. The molecule has 1 aromatic heterocycles. The molecule has 0 fully saturated rings. The lowest BCUT2D eigenvalue weighted by Crippen LogP contribution is -2.20. The molecule has 1 unspecified atom stereocenters. The van der Waals surface area contributed by atoms with Crippen LogP contribution in [0.5, 0.6) is 11.5 Å². The molecule has 0 bridgehead atoms. The van der Waals surface area contributed by atoms with E-state index >= 15 is 0 Å². The number of nitrogens with zero attached hydrogens (tertiary/aromatic N) is 2. The van der Waals surface area contributed by atoms with Gasteiger partial charge in [-0.15, -0.1) is 0 Å². The summed E-state index contributed by atoms with van der Waals surface area (Å²) < 4.78 is 22.8. The third-order valence-corrected chi connectivity index (χ3v) is 4.70. The molecule has 0 amide bonds. The Morgan fingerprint density at radius 1 is 0.774 bits per heavy atom. The molecule has 0 aliphatic heterocycles. The first-order chi connectivity index (χ1) is 15.3. The first kappa shape index (κ1) is 25.1. The van der Waals surface area contributed by atoms with Crippen molar-refractivity contribution in [3.63, 3.8) is 0 Å². The van der Waals surface area contributed by atoms with E-state index in [9.17, 15) is 0 Å². The van der Waals surface area contributed by atoms with Crippen LogP contribution in [0.3, 0.4) is 0 Å². The van der Waals surface area contributed by atoms with Crippen LogP contribution < -0.4 is 9.47 Å². The zero-order valence-corrected chi connectivity index (χ0v) is 19.3. The number of hydrogen-bond acceptors (Lipinski definition) is 6. The summed E-state index contributed by atoms with van der Waals surface area (Å²) in [5.74, 6) is 2.16. The first-order valence-electron chi connectivity index (χ1n) is 11.7.